The molecule has 0 aliphatic carbocycles. The van der Waals surface area contributed by atoms with E-state index in [4.69, 9.17) is 4.74 Å². The molecule has 4 rings (SSSR count). The summed E-state index contributed by atoms with van der Waals surface area (Å²) in [5.41, 5.74) is 2.38. The van der Waals surface area contributed by atoms with E-state index in [2.05, 4.69) is 15.3 Å². The molecule has 3 heterocycles. The fourth-order valence-electron chi connectivity index (χ4n) is 5.60. The standard InChI is InChI=1S/C33H40F3N5O3/c1-20(2)33(43)41-22(4)18-40(27(14-16-44-5)30-29(34)21(3)13-15-37-30)19-28(41)32(42)38-17-23-9-11-24(12-10-23)25-7-6-8-26(39-25)31(35)36/h6-13,15,20,22,27-28,31H,14,16-19H2,1-5H3,(H,38,42)/t22-,27-,28-/m1/s1. The van der Waals surface area contributed by atoms with E-state index in [-0.39, 0.29) is 48.4 Å². The predicted molar refractivity (Wildman–Crippen MR) is 161 cm³/mol. The Kier molecular flexibility index (Phi) is 11.1. The number of aryl methyl sites for hydroxylation is 1. The van der Waals surface area contributed by atoms with Crippen molar-refractivity contribution in [2.24, 2.45) is 5.92 Å². The molecule has 1 aliphatic heterocycles. The fraction of sp³-hybridized carbons (Fsp3) is 0.455. The minimum absolute atomic E-state index is 0.131. The van der Waals surface area contributed by atoms with Gasteiger partial charge in [-0.1, -0.05) is 44.2 Å². The number of pyridine rings is 2. The van der Waals surface area contributed by atoms with Crippen molar-refractivity contribution in [1.82, 2.24) is 25.1 Å². The number of piperazine rings is 1. The summed E-state index contributed by atoms with van der Waals surface area (Å²) in [6.07, 6.45) is -0.617. The molecule has 8 nitrogen and oxygen atoms in total. The predicted octanol–water partition coefficient (Wildman–Crippen LogP) is 5.48. The molecule has 0 spiro atoms. The maximum atomic E-state index is 15.3. The van der Waals surface area contributed by atoms with E-state index in [9.17, 15) is 18.4 Å². The second-order valence-corrected chi connectivity index (χ2v) is 11.5. The minimum atomic E-state index is -2.66. The number of nitrogens with one attached hydrogen (secondary N) is 1. The first-order valence-electron chi connectivity index (χ1n) is 14.8. The first-order chi connectivity index (χ1) is 21.0. The Labute approximate surface area is 256 Å². The molecule has 0 unspecified atom stereocenters. The van der Waals surface area contributed by atoms with Crippen LogP contribution in [0.1, 0.15) is 62.2 Å². The van der Waals surface area contributed by atoms with Crippen LogP contribution in [0.5, 0.6) is 0 Å². The second-order valence-electron chi connectivity index (χ2n) is 11.5. The Morgan fingerprint density at radius 2 is 1.82 bits per heavy atom. The van der Waals surface area contributed by atoms with Gasteiger partial charge in [0.15, 0.2) is 0 Å². The highest BCUT2D eigenvalue weighted by molar-refractivity contribution is 5.89. The van der Waals surface area contributed by atoms with Crippen LogP contribution in [0.4, 0.5) is 13.2 Å². The van der Waals surface area contributed by atoms with Crippen LogP contribution in [-0.2, 0) is 20.9 Å². The number of halogens is 3. The molecule has 3 atom stereocenters. The van der Waals surface area contributed by atoms with Crippen LogP contribution in [-0.4, -0.2) is 70.5 Å². The highest BCUT2D eigenvalue weighted by atomic mass is 19.3. The number of carbonyl (C=O) groups excluding carboxylic acids is 2. The lowest BCUT2D eigenvalue weighted by atomic mass is 9.97. The van der Waals surface area contributed by atoms with Crippen LogP contribution < -0.4 is 5.32 Å². The summed E-state index contributed by atoms with van der Waals surface area (Å²) in [6, 6.07) is 11.7. The maximum Gasteiger partial charge on any atom is 0.280 e. The summed E-state index contributed by atoms with van der Waals surface area (Å²) in [7, 11) is 1.58. The average molecular weight is 612 g/mol. The van der Waals surface area contributed by atoms with Crippen LogP contribution in [0.25, 0.3) is 11.3 Å². The summed E-state index contributed by atoms with van der Waals surface area (Å²) in [6.45, 7) is 8.39. The summed E-state index contributed by atoms with van der Waals surface area (Å²) in [4.78, 5) is 39.2. The van der Waals surface area contributed by atoms with Gasteiger partial charge in [-0.05, 0) is 49.6 Å². The number of amides is 2. The zero-order valence-electron chi connectivity index (χ0n) is 25.8. The van der Waals surface area contributed by atoms with Gasteiger partial charge in [0.2, 0.25) is 11.8 Å². The van der Waals surface area contributed by atoms with Crippen molar-refractivity contribution in [3.05, 3.63) is 83.1 Å². The molecule has 11 heteroatoms. The molecule has 236 valence electrons. The van der Waals surface area contributed by atoms with Crippen molar-refractivity contribution in [1.29, 1.82) is 0 Å². The average Bonchev–Trinajstić information content (AvgIpc) is 3.01. The minimum Gasteiger partial charge on any atom is -0.385 e. The number of nitrogens with zero attached hydrogens (tertiary/aromatic N) is 4. The van der Waals surface area contributed by atoms with E-state index in [0.29, 0.717) is 42.1 Å². The number of ether oxygens (including phenoxy) is 1. The normalized spacial score (nSPS) is 18.1. The topological polar surface area (TPSA) is 87.7 Å². The Hall–Kier alpha value is -3.83. The van der Waals surface area contributed by atoms with Gasteiger partial charge < -0.3 is 15.0 Å². The van der Waals surface area contributed by atoms with E-state index in [0.717, 1.165) is 5.56 Å². The maximum absolute atomic E-state index is 15.3. The number of rotatable bonds is 11. The zero-order chi connectivity index (χ0) is 32.0. The fourth-order valence-corrected chi connectivity index (χ4v) is 5.60. The molecule has 3 aromatic rings. The number of methoxy groups -OCH3 is 1. The molecule has 2 amide bonds. The van der Waals surface area contributed by atoms with Gasteiger partial charge in [-0.25, -0.2) is 18.2 Å². The Morgan fingerprint density at radius 3 is 2.48 bits per heavy atom. The summed E-state index contributed by atoms with van der Waals surface area (Å²) in [5.74, 6) is -1.16. The van der Waals surface area contributed by atoms with Gasteiger partial charge in [0.1, 0.15) is 17.6 Å². The van der Waals surface area contributed by atoms with E-state index in [1.165, 1.54) is 6.07 Å². The van der Waals surface area contributed by atoms with Crippen molar-refractivity contribution in [2.75, 3.05) is 26.8 Å². The lowest BCUT2D eigenvalue weighted by molar-refractivity contribution is -0.151. The highest BCUT2D eigenvalue weighted by Gasteiger charge is 2.42. The summed E-state index contributed by atoms with van der Waals surface area (Å²) >= 11 is 0. The highest BCUT2D eigenvalue weighted by Crippen LogP contribution is 2.31. The van der Waals surface area contributed by atoms with E-state index < -0.39 is 18.5 Å². The van der Waals surface area contributed by atoms with Crippen LogP contribution in [0.3, 0.4) is 0 Å². The quantitative estimate of drug-likeness (QED) is 0.309. The lowest BCUT2D eigenvalue weighted by Crippen LogP contribution is -2.65. The number of hydrogen-bond donors (Lipinski definition) is 1. The monoisotopic (exact) mass is 611 g/mol. The molecule has 0 radical (unpaired) electrons. The van der Waals surface area contributed by atoms with Crippen molar-refractivity contribution >= 4 is 11.8 Å². The van der Waals surface area contributed by atoms with Gasteiger partial charge in [0.05, 0.1) is 17.4 Å². The number of aromatic nitrogens is 2. The number of hydrogen-bond acceptors (Lipinski definition) is 6. The van der Waals surface area contributed by atoms with Gasteiger partial charge in [-0.3, -0.25) is 19.5 Å². The van der Waals surface area contributed by atoms with Gasteiger partial charge in [0.25, 0.3) is 6.43 Å². The van der Waals surface area contributed by atoms with Gasteiger partial charge >= 0.3 is 0 Å². The molecule has 1 fully saturated rings. The summed E-state index contributed by atoms with van der Waals surface area (Å²) in [5, 5.41) is 2.97. The Morgan fingerprint density at radius 1 is 1.09 bits per heavy atom. The first kappa shape index (κ1) is 33.1. The molecule has 2 aromatic heterocycles. The Bertz CT molecular complexity index is 1440. The van der Waals surface area contributed by atoms with Crippen LogP contribution in [0.2, 0.25) is 0 Å². The molecule has 0 bridgehead atoms. The van der Waals surface area contributed by atoms with Crippen LogP contribution >= 0.6 is 0 Å². The molecule has 44 heavy (non-hydrogen) atoms. The number of carbonyl (C=O) groups is 2. The van der Waals surface area contributed by atoms with Gasteiger partial charge in [0, 0.05) is 57.1 Å². The largest absolute Gasteiger partial charge is 0.385 e. The Balaban J connectivity index is 1.54. The molecule has 1 N–H and O–H groups in total. The van der Waals surface area contributed by atoms with Crippen molar-refractivity contribution in [2.45, 2.75) is 65.2 Å². The third-order valence-corrected chi connectivity index (χ3v) is 7.94. The van der Waals surface area contributed by atoms with Crippen molar-refractivity contribution in [3.63, 3.8) is 0 Å². The molecule has 0 saturated carbocycles. The van der Waals surface area contributed by atoms with Crippen molar-refractivity contribution in [3.8, 4) is 11.3 Å². The molecule has 1 saturated heterocycles. The molecular formula is C33H40F3N5O3. The van der Waals surface area contributed by atoms with E-state index >= 15 is 4.39 Å². The van der Waals surface area contributed by atoms with Gasteiger partial charge in [-0.2, -0.15) is 0 Å². The molecule has 1 aromatic carbocycles. The third kappa shape index (κ3) is 7.62. The SMILES string of the molecule is COCC[C@H](c1nccc(C)c1F)N1C[C@@H](C)N(C(=O)C(C)C)[C@@H](C(=O)NCc2ccc(-c3cccc(C(F)F)n3)cc2)C1. The van der Waals surface area contributed by atoms with Crippen LogP contribution in [0.15, 0.2) is 54.7 Å². The number of alkyl halides is 2. The number of benzene rings is 1. The van der Waals surface area contributed by atoms with E-state index in [1.54, 1.807) is 81.4 Å². The smallest absolute Gasteiger partial charge is 0.280 e. The lowest BCUT2D eigenvalue weighted by Gasteiger charge is -2.47. The summed E-state index contributed by atoms with van der Waals surface area (Å²) < 4.78 is 46.8. The molecular weight excluding hydrogens is 571 g/mol. The zero-order valence-corrected chi connectivity index (χ0v) is 25.8. The van der Waals surface area contributed by atoms with Crippen LogP contribution in [0, 0.1) is 18.7 Å². The molecule has 1 aliphatic rings. The van der Waals surface area contributed by atoms with E-state index in [1.807, 2.05) is 11.8 Å². The van der Waals surface area contributed by atoms with Crippen molar-refractivity contribution < 1.29 is 27.5 Å². The first-order valence-corrected chi connectivity index (χ1v) is 14.8. The van der Waals surface area contributed by atoms with Gasteiger partial charge in [-0.15, -0.1) is 0 Å². The third-order valence-electron chi connectivity index (χ3n) is 7.94. The second kappa shape index (κ2) is 14.8.